The molecule has 0 aromatic carbocycles. The first kappa shape index (κ1) is 38.7. The molecule has 1 heterocycles. The third-order valence-electron chi connectivity index (χ3n) is 7.79. The molecule has 1 rings (SSSR count). The lowest BCUT2D eigenvalue weighted by molar-refractivity contribution is 0.0121. The van der Waals surface area contributed by atoms with Gasteiger partial charge in [0.25, 0.3) is 0 Å². The number of carbonyl (C=O) groups is 1. The molecule has 0 unspecified atom stereocenters. The fourth-order valence-corrected chi connectivity index (χ4v) is 4.95. The number of rotatable bonds is 18. The van der Waals surface area contributed by atoms with Crippen molar-refractivity contribution in [2.24, 2.45) is 0 Å². The molecule has 0 fully saturated rings. The molecule has 0 aliphatic heterocycles. The standard InChI is InChI=1S/C30H61N3O7Si2/c1-28(2,3)40-27(34)31-14-16-35-18-20-37-21-19-36-17-15-33-26(24-39-42(12,13)30(7,8)9)22-25(32-33)23-38-41(10,11)29(4,5)6/h22H,14-21,23-24H2,1-13H3,(H,31,34). The summed E-state index contributed by atoms with van der Waals surface area (Å²) >= 11 is 0. The van der Waals surface area contributed by atoms with Crippen LogP contribution in [0.15, 0.2) is 6.07 Å². The number of nitrogens with zero attached hydrogens (tertiary/aromatic N) is 2. The van der Waals surface area contributed by atoms with E-state index in [9.17, 15) is 4.79 Å². The third kappa shape index (κ3) is 14.9. The van der Waals surface area contributed by atoms with E-state index in [0.29, 0.717) is 65.9 Å². The minimum absolute atomic E-state index is 0.136. The summed E-state index contributed by atoms with van der Waals surface area (Å²) in [6, 6.07) is 2.12. The molecule has 1 amide bonds. The summed E-state index contributed by atoms with van der Waals surface area (Å²) in [5.74, 6) is 0. The molecule has 10 nitrogen and oxygen atoms in total. The summed E-state index contributed by atoms with van der Waals surface area (Å²) in [5, 5.41) is 7.80. The van der Waals surface area contributed by atoms with Crippen LogP contribution in [0.1, 0.15) is 73.7 Å². The number of amides is 1. The molecule has 12 heteroatoms. The van der Waals surface area contributed by atoms with Crippen LogP contribution in [0.5, 0.6) is 0 Å². The van der Waals surface area contributed by atoms with E-state index >= 15 is 0 Å². The van der Waals surface area contributed by atoms with Gasteiger partial charge in [0.1, 0.15) is 5.60 Å². The van der Waals surface area contributed by atoms with Gasteiger partial charge >= 0.3 is 6.09 Å². The number of ether oxygens (including phenoxy) is 4. The van der Waals surface area contributed by atoms with Gasteiger partial charge in [-0.1, -0.05) is 41.5 Å². The number of alkyl carbamates (subject to hydrolysis) is 1. The zero-order valence-electron chi connectivity index (χ0n) is 28.9. The molecular weight excluding hydrogens is 571 g/mol. The topological polar surface area (TPSA) is 102 Å². The van der Waals surface area contributed by atoms with Crippen molar-refractivity contribution in [3.63, 3.8) is 0 Å². The molecule has 1 N–H and O–H groups in total. The second-order valence-corrected chi connectivity index (χ2v) is 24.3. The Morgan fingerprint density at radius 2 is 1.24 bits per heavy atom. The highest BCUT2D eigenvalue weighted by Crippen LogP contribution is 2.38. The Hall–Kier alpha value is -1.29. The van der Waals surface area contributed by atoms with Crippen molar-refractivity contribution in [3.05, 3.63) is 17.5 Å². The molecule has 0 saturated carbocycles. The van der Waals surface area contributed by atoms with Crippen molar-refractivity contribution in [2.45, 2.75) is 124 Å². The van der Waals surface area contributed by atoms with Crippen molar-refractivity contribution in [2.75, 3.05) is 46.2 Å². The average molecular weight is 632 g/mol. The van der Waals surface area contributed by atoms with E-state index in [1.807, 2.05) is 25.5 Å². The van der Waals surface area contributed by atoms with Gasteiger partial charge in [-0.15, -0.1) is 0 Å². The van der Waals surface area contributed by atoms with Crippen LogP contribution in [0.2, 0.25) is 36.3 Å². The molecule has 0 atom stereocenters. The molecule has 0 radical (unpaired) electrons. The Kier molecular flexibility index (Phi) is 15.4. The summed E-state index contributed by atoms with van der Waals surface area (Å²) in [4.78, 5) is 11.6. The second kappa shape index (κ2) is 16.7. The minimum Gasteiger partial charge on any atom is -0.444 e. The van der Waals surface area contributed by atoms with Crippen molar-refractivity contribution < 1.29 is 32.6 Å². The zero-order chi connectivity index (χ0) is 32.2. The summed E-state index contributed by atoms with van der Waals surface area (Å²) in [7, 11) is -3.79. The fourth-order valence-electron chi connectivity index (χ4n) is 3.07. The van der Waals surface area contributed by atoms with Gasteiger partial charge in [0.05, 0.1) is 70.8 Å². The maximum absolute atomic E-state index is 11.6. The highest BCUT2D eigenvalue weighted by Gasteiger charge is 2.38. The van der Waals surface area contributed by atoms with E-state index < -0.39 is 28.3 Å². The number of carbonyl (C=O) groups excluding carboxylic acids is 1. The lowest BCUT2D eigenvalue weighted by Crippen LogP contribution is -2.40. The summed E-state index contributed by atoms with van der Waals surface area (Å²) in [5.41, 5.74) is 1.47. The van der Waals surface area contributed by atoms with Gasteiger partial charge in [0, 0.05) is 6.54 Å². The first-order valence-corrected chi connectivity index (χ1v) is 21.0. The number of hydrogen-bond donors (Lipinski definition) is 1. The summed E-state index contributed by atoms with van der Waals surface area (Å²) < 4.78 is 37.0. The van der Waals surface area contributed by atoms with Gasteiger partial charge in [-0.2, -0.15) is 5.10 Å². The Morgan fingerprint density at radius 3 is 1.74 bits per heavy atom. The second-order valence-electron chi connectivity index (χ2n) is 14.7. The average Bonchev–Trinajstić information content (AvgIpc) is 3.21. The van der Waals surface area contributed by atoms with Crippen LogP contribution < -0.4 is 5.32 Å². The van der Waals surface area contributed by atoms with Crippen molar-refractivity contribution in [1.29, 1.82) is 0 Å². The molecule has 0 spiro atoms. The molecule has 1 aromatic heterocycles. The summed E-state index contributed by atoms with van der Waals surface area (Å²) in [6.45, 7) is 32.9. The lowest BCUT2D eigenvalue weighted by Gasteiger charge is -2.36. The van der Waals surface area contributed by atoms with Crippen LogP contribution in [-0.2, 0) is 47.6 Å². The van der Waals surface area contributed by atoms with Gasteiger partial charge in [0.2, 0.25) is 0 Å². The van der Waals surface area contributed by atoms with Crippen LogP contribution >= 0.6 is 0 Å². The predicted octanol–water partition coefficient (Wildman–Crippen LogP) is 6.50. The van der Waals surface area contributed by atoms with Crippen LogP contribution in [0, 0.1) is 0 Å². The van der Waals surface area contributed by atoms with Gasteiger partial charge in [-0.25, -0.2) is 4.79 Å². The molecule has 42 heavy (non-hydrogen) atoms. The number of nitrogens with one attached hydrogen (secondary N) is 1. The maximum atomic E-state index is 11.6. The van der Waals surface area contributed by atoms with Crippen molar-refractivity contribution >= 4 is 22.7 Å². The lowest BCUT2D eigenvalue weighted by atomic mass is 10.2. The maximum Gasteiger partial charge on any atom is 0.407 e. The van der Waals surface area contributed by atoms with E-state index in [1.54, 1.807) is 0 Å². The van der Waals surface area contributed by atoms with E-state index in [1.165, 1.54) is 0 Å². The molecular formula is C30H61N3O7Si2. The Morgan fingerprint density at radius 1 is 0.762 bits per heavy atom. The normalized spacial score (nSPS) is 13.5. The molecule has 0 aliphatic carbocycles. The van der Waals surface area contributed by atoms with Crippen LogP contribution in [0.3, 0.4) is 0 Å². The van der Waals surface area contributed by atoms with Crippen LogP contribution in [0.25, 0.3) is 0 Å². The van der Waals surface area contributed by atoms with E-state index in [-0.39, 0.29) is 10.1 Å². The summed E-state index contributed by atoms with van der Waals surface area (Å²) in [6.07, 6.45) is -0.444. The molecule has 246 valence electrons. The number of hydrogen-bond acceptors (Lipinski definition) is 8. The minimum atomic E-state index is -1.90. The van der Waals surface area contributed by atoms with Gasteiger partial charge in [-0.05, 0) is 63.1 Å². The van der Waals surface area contributed by atoms with Crippen molar-refractivity contribution in [3.8, 4) is 0 Å². The van der Waals surface area contributed by atoms with Crippen molar-refractivity contribution in [1.82, 2.24) is 15.1 Å². The predicted molar refractivity (Wildman–Crippen MR) is 173 cm³/mol. The first-order chi connectivity index (χ1) is 19.1. The van der Waals surface area contributed by atoms with Crippen LogP contribution in [-0.4, -0.2) is 84.3 Å². The van der Waals surface area contributed by atoms with Gasteiger partial charge in [-0.3, -0.25) is 4.68 Å². The fraction of sp³-hybridized carbons (Fsp3) is 0.867. The highest BCUT2D eigenvalue weighted by molar-refractivity contribution is 6.74. The molecule has 0 aliphatic rings. The third-order valence-corrected chi connectivity index (χ3v) is 16.8. The van der Waals surface area contributed by atoms with E-state index in [4.69, 9.17) is 32.9 Å². The monoisotopic (exact) mass is 631 g/mol. The molecule has 0 saturated heterocycles. The molecule has 0 bridgehead atoms. The SMILES string of the molecule is CC(C)(C)OC(=O)NCCOCCOCCOCCn1nc(CO[Si](C)(C)C(C)(C)C)cc1CO[Si](C)(C)C(C)(C)C. The highest BCUT2D eigenvalue weighted by atomic mass is 28.4. The Bertz CT molecular complexity index is 933. The quantitative estimate of drug-likeness (QED) is 0.145. The van der Waals surface area contributed by atoms with Gasteiger partial charge in [0.15, 0.2) is 16.6 Å². The molecule has 1 aromatic rings. The Labute approximate surface area is 257 Å². The van der Waals surface area contributed by atoms with E-state index in [2.05, 4.69) is 79.1 Å². The van der Waals surface area contributed by atoms with Gasteiger partial charge < -0.3 is 33.1 Å². The number of aromatic nitrogens is 2. The largest absolute Gasteiger partial charge is 0.444 e. The smallest absolute Gasteiger partial charge is 0.407 e. The zero-order valence-corrected chi connectivity index (χ0v) is 30.9. The van der Waals surface area contributed by atoms with Crippen LogP contribution in [0.4, 0.5) is 4.79 Å². The Balaban J connectivity index is 2.46. The van der Waals surface area contributed by atoms with E-state index in [0.717, 1.165) is 11.4 Å². The first-order valence-electron chi connectivity index (χ1n) is 15.2.